The summed E-state index contributed by atoms with van der Waals surface area (Å²) in [6, 6.07) is 0. The van der Waals surface area contributed by atoms with Crippen LogP contribution in [0.2, 0.25) is 0 Å². The van der Waals surface area contributed by atoms with E-state index in [0.29, 0.717) is 0 Å². The molecule has 1 aromatic rings. The van der Waals surface area contributed by atoms with Gasteiger partial charge in [-0.15, -0.1) is 0 Å². The largest absolute Gasteiger partial charge is 0.315 e. The Morgan fingerprint density at radius 3 is 3.08 bits per heavy atom. The molecule has 3 nitrogen and oxygen atoms in total. The fourth-order valence-corrected chi connectivity index (χ4v) is 1.73. The normalized spacial score (nSPS) is 16.4. The molecule has 1 N–H and O–H groups in total. The molecule has 0 unspecified atom stereocenters. The van der Waals surface area contributed by atoms with Gasteiger partial charge in [0.05, 0.1) is 16.3 Å². The summed E-state index contributed by atoms with van der Waals surface area (Å²) in [5.74, 6) is 0.970. The van der Waals surface area contributed by atoms with Gasteiger partial charge in [0.15, 0.2) is 0 Å². The summed E-state index contributed by atoms with van der Waals surface area (Å²) in [6.07, 6.45) is 6.81. The third-order valence-corrected chi connectivity index (χ3v) is 2.81. The highest BCUT2D eigenvalue weighted by Gasteiger charge is 2.19. The van der Waals surface area contributed by atoms with Crippen LogP contribution in [0.1, 0.15) is 12.8 Å². The molecule has 13 heavy (non-hydrogen) atoms. The lowest BCUT2D eigenvalue weighted by molar-refractivity contribution is 0.542. The van der Waals surface area contributed by atoms with Gasteiger partial charge < -0.3 is 5.32 Å². The van der Waals surface area contributed by atoms with Gasteiger partial charge in [-0.3, -0.25) is 4.68 Å². The molecule has 0 aliphatic heterocycles. The van der Waals surface area contributed by atoms with Gasteiger partial charge in [-0.2, -0.15) is 5.10 Å². The summed E-state index contributed by atoms with van der Waals surface area (Å²) in [6.45, 7) is 3.21. The molecular formula is C9H14IN3. The molecule has 1 fully saturated rings. The zero-order valence-corrected chi connectivity index (χ0v) is 9.70. The maximum absolute atomic E-state index is 4.22. The van der Waals surface area contributed by atoms with Crippen molar-refractivity contribution in [1.29, 1.82) is 0 Å². The molecule has 0 bridgehead atoms. The first kappa shape index (κ1) is 9.45. The quantitative estimate of drug-likeness (QED) is 0.658. The van der Waals surface area contributed by atoms with Gasteiger partial charge in [-0.1, -0.05) is 0 Å². The lowest BCUT2D eigenvalue weighted by Crippen LogP contribution is -2.22. The molecule has 0 aromatic carbocycles. The van der Waals surface area contributed by atoms with Crippen molar-refractivity contribution in [2.24, 2.45) is 5.92 Å². The molecule has 4 heteroatoms. The van der Waals surface area contributed by atoms with E-state index in [0.717, 1.165) is 19.0 Å². The highest BCUT2D eigenvalue weighted by molar-refractivity contribution is 14.1. The third kappa shape index (κ3) is 3.27. The van der Waals surface area contributed by atoms with Gasteiger partial charge in [0.25, 0.3) is 0 Å². The van der Waals surface area contributed by atoms with Crippen LogP contribution in [0.3, 0.4) is 0 Å². The number of rotatable bonds is 5. The number of nitrogens with one attached hydrogen (secondary N) is 1. The first-order valence-corrected chi connectivity index (χ1v) is 5.81. The molecule has 1 aromatic heterocycles. The molecule has 1 saturated carbocycles. The molecule has 72 valence electrons. The second-order valence-electron chi connectivity index (χ2n) is 3.57. The predicted octanol–water partition coefficient (Wildman–Crippen LogP) is 1.49. The van der Waals surface area contributed by atoms with E-state index < -0.39 is 0 Å². The smallest absolute Gasteiger partial charge is 0.0623 e. The Morgan fingerprint density at radius 1 is 1.62 bits per heavy atom. The number of hydrogen-bond acceptors (Lipinski definition) is 2. The van der Waals surface area contributed by atoms with Crippen LogP contribution in [0.5, 0.6) is 0 Å². The van der Waals surface area contributed by atoms with E-state index >= 15 is 0 Å². The first-order chi connectivity index (χ1) is 6.34. The molecule has 1 aliphatic carbocycles. The fourth-order valence-electron chi connectivity index (χ4n) is 1.28. The van der Waals surface area contributed by atoms with Crippen LogP contribution in [0.25, 0.3) is 0 Å². The minimum Gasteiger partial charge on any atom is -0.315 e. The van der Waals surface area contributed by atoms with Gasteiger partial charge in [-0.25, -0.2) is 0 Å². The molecule has 0 radical (unpaired) electrons. The van der Waals surface area contributed by atoms with E-state index in [2.05, 4.69) is 39.2 Å². The zero-order valence-electron chi connectivity index (χ0n) is 7.54. The summed E-state index contributed by atoms with van der Waals surface area (Å²) >= 11 is 2.28. The number of aromatic nitrogens is 2. The van der Waals surface area contributed by atoms with Crippen LogP contribution in [0, 0.1) is 9.49 Å². The van der Waals surface area contributed by atoms with E-state index in [9.17, 15) is 0 Å². The summed E-state index contributed by atoms with van der Waals surface area (Å²) in [4.78, 5) is 0. The Bertz CT molecular complexity index is 268. The predicted molar refractivity (Wildman–Crippen MR) is 60.5 cm³/mol. The third-order valence-electron chi connectivity index (χ3n) is 2.25. The monoisotopic (exact) mass is 291 g/mol. The van der Waals surface area contributed by atoms with E-state index in [1.54, 1.807) is 0 Å². The standard InChI is InChI=1S/C9H14IN3/c10-9-6-12-13(7-9)4-3-11-5-8-1-2-8/h6-8,11H,1-5H2. The topological polar surface area (TPSA) is 29.9 Å². The number of hydrogen-bond donors (Lipinski definition) is 1. The second kappa shape index (κ2) is 4.41. The molecular weight excluding hydrogens is 277 g/mol. The highest BCUT2D eigenvalue weighted by Crippen LogP contribution is 2.27. The molecule has 0 spiro atoms. The Balaban J connectivity index is 1.61. The van der Waals surface area contributed by atoms with Gasteiger partial charge >= 0.3 is 0 Å². The van der Waals surface area contributed by atoms with E-state index in [1.165, 1.54) is 23.0 Å². The second-order valence-corrected chi connectivity index (χ2v) is 4.81. The molecule has 0 amide bonds. The molecule has 1 heterocycles. The van der Waals surface area contributed by atoms with Gasteiger partial charge in [0.2, 0.25) is 0 Å². The van der Waals surface area contributed by atoms with Crippen LogP contribution in [0.15, 0.2) is 12.4 Å². The van der Waals surface area contributed by atoms with Gasteiger partial charge in [0, 0.05) is 12.7 Å². The molecule has 0 saturated heterocycles. The summed E-state index contributed by atoms with van der Waals surface area (Å²) in [7, 11) is 0. The van der Waals surface area contributed by atoms with Crippen molar-refractivity contribution in [3.8, 4) is 0 Å². The fraction of sp³-hybridized carbons (Fsp3) is 0.667. The summed E-state index contributed by atoms with van der Waals surface area (Å²) < 4.78 is 3.20. The Kier molecular flexibility index (Phi) is 3.21. The van der Waals surface area contributed by atoms with Crippen LogP contribution in [-0.2, 0) is 6.54 Å². The van der Waals surface area contributed by atoms with Crippen LogP contribution in [-0.4, -0.2) is 22.9 Å². The van der Waals surface area contributed by atoms with Crippen molar-refractivity contribution >= 4 is 22.6 Å². The zero-order chi connectivity index (χ0) is 9.10. The molecule has 0 atom stereocenters. The first-order valence-electron chi connectivity index (χ1n) is 4.73. The van der Waals surface area contributed by atoms with E-state index in [1.807, 2.05) is 10.9 Å². The van der Waals surface area contributed by atoms with Crippen molar-refractivity contribution in [1.82, 2.24) is 15.1 Å². The van der Waals surface area contributed by atoms with Crippen molar-refractivity contribution in [2.45, 2.75) is 19.4 Å². The van der Waals surface area contributed by atoms with Gasteiger partial charge in [0.1, 0.15) is 0 Å². The van der Waals surface area contributed by atoms with Crippen molar-refractivity contribution in [2.75, 3.05) is 13.1 Å². The minimum absolute atomic E-state index is 0.970. The molecule has 1 aliphatic rings. The van der Waals surface area contributed by atoms with Crippen LogP contribution in [0.4, 0.5) is 0 Å². The Labute approximate surface area is 92.0 Å². The Morgan fingerprint density at radius 2 is 2.46 bits per heavy atom. The highest BCUT2D eigenvalue weighted by atomic mass is 127. The van der Waals surface area contributed by atoms with Crippen molar-refractivity contribution in [3.63, 3.8) is 0 Å². The maximum atomic E-state index is 4.22. The SMILES string of the molecule is Ic1cnn(CCNCC2CC2)c1. The van der Waals surface area contributed by atoms with Gasteiger partial charge in [-0.05, 0) is 47.9 Å². The van der Waals surface area contributed by atoms with E-state index in [4.69, 9.17) is 0 Å². The van der Waals surface area contributed by atoms with Crippen LogP contribution >= 0.6 is 22.6 Å². The van der Waals surface area contributed by atoms with Crippen LogP contribution < -0.4 is 5.32 Å². The number of halogens is 1. The average Bonchev–Trinajstić information content (AvgIpc) is 2.84. The lowest BCUT2D eigenvalue weighted by atomic mass is 10.4. The average molecular weight is 291 g/mol. The summed E-state index contributed by atoms with van der Waals surface area (Å²) in [5.41, 5.74) is 0. The summed E-state index contributed by atoms with van der Waals surface area (Å²) in [5, 5.41) is 7.66. The number of nitrogens with zero attached hydrogens (tertiary/aromatic N) is 2. The Hall–Kier alpha value is -0.100. The maximum Gasteiger partial charge on any atom is 0.0623 e. The van der Waals surface area contributed by atoms with Crippen molar-refractivity contribution in [3.05, 3.63) is 16.0 Å². The van der Waals surface area contributed by atoms with Crippen molar-refractivity contribution < 1.29 is 0 Å². The minimum atomic E-state index is 0.970. The molecule has 2 rings (SSSR count). The lowest BCUT2D eigenvalue weighted by Gasteiger charge is -2.02. The van der Waals surface area contributed by atoms with E-state index in [-0.39, 0.29) is 0 Å².